The molecule has 3 nitrogen and oxygen atoms in total. The molecule has 0 saturated heterocycles. The van der Waals surface area contributed by atoms with E-state index in [1.54, 1.807) is 12.3 Å². The number of nitrogens with two attached hydrogens (primary N) is 1. The van der Waals surface area contributed by atoms with Gasteiger partial charge in [0.25, 0.3) is 0 Å². The number of hydrogen-bond acceptors (Lipinski definition) is 3. The van der Waals surface area contributed by atoms with Crippen molar-refractivity contribution in [3.05, 3.63) is 23.4 Å². The molecular formula is C11H16N2O. The Morgan fingerprint density at radius 2 is 2.21 bits per heavy atom. The summed E-state index contributed by atoms with van der Waals surface area (Å²) >= 11 is 0. The van der Waals surface area contributed by atoms with Crippen LogP contribution < -0.4 is 5.73 Å². The lowest BCUT2D eigenvalue weighted by Crippen LogP contribution is -2.08. The Hall–Kier alpha value is -1.38. The first-order valence-corrected chi connectivity index (χ1v) is 4.76. The van der Waals surface area contributed by atoms with Crippen LogP contribution in [0.3, 0.4) is 0 Å². The summed E-state index contributed by atoms with van der Waals surface area (Å²) in [5.74, 6) is 0.761. The molecule has 0 aliphatic carbocycles. The van der Waals surface area contributed by atoms with Gasteiger partial charge in [-0.1, -0.05) is 13.8 Å². The highest BCUT2D eigenvalue weighted by Crippen LogP contribution is 2.15. The summed E-state index contributed by atoms with van der Waals surface area (Å²) in [6.07, 6.45) is 2.19. The number of carbonyl (C=O) groups is 1. The van der Waals surface area contributed by atoms with E-state index >= 15 is 0 Å². The molecule has 0 atom stereocenters. The Kier molecular flexibility index (Phi) is 3.23. The lowest BCUT2D eigenvalue weighted by atomic mass is 10.0. The predicted octanol–water partition coefficient (Wildman–Crippen LogP) is 2.20. The molecule has 0 bridgehead atoms. The summed E-state index contributed by atoms with van der Waals surface area (Å²) in [6, 6.07) is 1.80. The first kappa shape index (κ1) is 10.7. The second kappa shape index (κ2) is 4.22. The van der Waals surface area contributed by atoms with Gasteiger partial charge in [-0.15, -0.1) is 0 Å². The van der Waals surface area contributed by atoms with E-state index < -0.39 is 0 Å². The third-order valence-electron chi connectivity index (χ3n) is 1.95. The van der Waals surface area contributed by atoms with Gasteiger partial charge in [0.2, 0.25) is 0 Å². The summed E-state index contributed by atoms with van der Waals surface area (Å²) in [7, 11) is 0. The Bertz CT molecular complexity index is 345. The predicted molar refractivity (Wildman–Crippen MR) is 57.2 cm³/mol. The number of rotatable bonds is 3. The van der Waals surface area contributed by atoms with Crippen molar-refractivity contribution in [3.63, 3.8) is 0 Å². The minimum absolute atomic E-state index is 0.0775. The fourth-order valence-corrected chi connectivity index (χ4v) is 1.28. The van der Waals surface area contributed by atoms with Gasteiger partial charge in [0, 0.05) is 12.6 Å². The van der Waals surface area contributed by atoms with E-state index in [0.29, 0.717) is 23.7 Å². The zero-order valence-electron chi connectivity index (χ0n) is 8.87. The Morgan fingerprint density at radius 3 is 2.79 bits per heavy atom. The first-order valence-electron chi connectivity index (χ1n) is 4.76. The van der Waals surface area contributed by atoms with Gasteiger partial charge >= 0.3 is 0 Å². The molecule has 0 unspecified atom stereocenters. The molecule has 1 aromatic heterocycles. The molecule has 1 heterocycles. The minimum Gasteiger partial charge on any atom is -0.383 e. The van der Waals surface area contributed by atoms with E-state index in [-0.39, 0.29) is 5.78 Å². The van der Waals surface area contributed by atoms with E-state index in [4.69, 9.17) is 5.73 Å². The average molecular weight is 192 g/mol. The van der Waals surface area contributed by atoms with Crippen molar-refractivity contribution in [1.29, 1.82) is 0 Å². The largest absolute Gasteiger partial charge is 0.383 e. The second-order valence-corrected chi connectivity index (χ2v) is 3.97. The van der Waals surface area contributed by atoms with E-state index in [1.165, 1.54) is 0 Å². The van der Waals surface area contributed by atoms with Crippen LogP contribution in [0.15, 0.2) is 12.3 Å². The normalized spacial score (nSPS) is 10.6. The molecule has 3 heteroatoms. The zero-order valence-corrected chi connectivity index (χ0v) is 8.87. The van der Waals surface area contributed by atoms with Gasteiger partial charge in [0.15, 0.2) is 5.78 Å². The highest BCUT2D eigenvalue weighted by atomic mass is 16.1. The molecule has 1 rings (SSSR count). The summed E-state index contributed by atoms with van der Waals surface area (Å²) in [6.45, 7) is 5.92. The molecule has 76 valence electrons. The number of hydrogen-bond donors (Lipinski definition) is 1. The molecule has 1 aromatic rings. The summed E-state index contributed by atoms with van der Waals surface area (Å²) in [5.41, 5.74) is 7.15. The highest BCUT2D eigenvalue weighted by Gasteiger charge is 2.12. The lowest BCUT2D eigenvalue weighted by Gasteiger charge is -2.06. The van der Waals surface area contributed by atoms with Crippen LogP contribution >= 0.6 is 0 Å². The molecule has 0 aromatic carbocycles. The van der Waals surface area contributed by atoms with Crippen LogP contribution in [0.2, 0.25) is 0 Å². The zero-order chi connectivity index (χ0) is 10.7. The van der Waals surface area contributed by atoms with Crippen molar-refractivity contribution in [1.82, 2.24) is 4.98 Å². The SMILES string of the molecule is Cc1cnc(N)c(C(=O)CC(C)C)c1. The maximum absolute atomic E-state index is 11.7. The van der Waals surface area contributed by atoms with Crippen LogP contribution in [-0.4, -0.2) is 10.8 Å². The number of Topliss-reactive ketones (excluding diaryl/α,β-unsaturated/α-hetero) is 1. The van der Waals surface area contributed by atoms with Crippen LogP contribution in [0.5, 0.6) is 0 Å². The minimum atomic E-state index is 0.0775. The quantitative estimate of drug-likeness (QED) is 0.747. The van der Waals surface area contributed by atoms with Crippen molar-refractivity contribution in [3.8, 4) is 0 Å². The van der Waals surface area contributed by atoms with Crippen molar-refractivity contribution in [2.45, 2.75) is 27.2 Å². The molecule has 0 amide bonds. The topological polar surface area (TPSA) is 56.0 Å². The van der Waals surface area contributed by atoms with E-state index in [1.807, 2.05) is 20.8 Å². The molecule has 0 saturated carbocycles. The fourth-order valence-electron chi connectivity index (χ4n) is 1.28. The number of pyridine rings is 1. The Balaban J connectivity index is 2.94. The second-order valence-electron chi connectivity index (χ2n) is 3.97. The number of aromatic nitrogens is 1. The molecular weight excluding hydrogens is 176 g/mol. The summed E-state index contributed by atoms with van der Waals surface area (Å²) in [4.78, 5) is 15.7. The van der Waals surface area contributed by atoms with Gasteiger partial charge in [0.05, 0.1) is 5.56 Å². The third kappa shape index (κ3) is 2.55. The Morgan fingerprint density at radius 1 is 1.57 bits per heavy atom. The van der Waals surface area contributed by atoms with Gasteiger partial charge in [0.1, 0.15) is 5.82 Å². The molecule has 2 N–H and O–H groups in total. The van der Waals surface area contributed by atoms with Crippen molar-refractivity contribution < 1.29 is 4.79 Å². The smallest absolute Gasteiger partial charge is 0.166 e. The first-order chi connectivity index (χ1) is 6.50. The molecule has 0 spiro atoms. The number of ketones is 1. The number of nitrogens with zero attached hydrogens (tertiary/aromatic N) is 1. The van der Waals surface area contributed by atoms with Gasteiger partial charge in [-0.2, -0.15) is 0 Å². The third-order valence-corrected chi connectivity index (χ3v) is 1.95. The molecule has 0 fully saturated rings. The summed E-state index contributed by atoms with van der Waals surface area (Å²) < 4.78 is 0. The number of nitrogen functional groups attached to an aromatic ring is 1. The van der Waals surface area contributed by atoms with Crippen LogP contribution in [0.25, 0.3) is 0 Å². The van der Waals surface area contributed by atoms with E-state index in [9.17, 15) is 4.79 Å². The van der Waals surface area contributed by atoms with Gasteiger partial charge in [-0.05, 0) is 24.5 Å². The van der Waals surface area contributed by atoms with Gasteiger partial charge < -0.3 is 5.73 Å². The maximum Gasteiger partial charge on any atom is 0.166 e. The molecule has 14 heavy (non-hydrogen) atoms. The maximum atomic E-state index is 11.7. The average Bonchev–Trinajstić information content (AvgIpc) is 2.08. The van der Waals surface area contributed by atoms with Crippen LogP contribution in [0.4, 0.5) is 5.82 Å². The van der Waals surface area contributed by atoms with Crippen LogP contribution in [0, 0.1) is 12.8 Å². The number of anilines is 1. The fraction of sp³-hybridized carbons (Fsp3) is 0.455. The Labute approximate surface area is 84.3 Å². The highest BCUT2D eigenvalue weighted by molar-refractivity contribution is 6.00. The summed E-state index contributed by atoms with van der Waals surface area (Å²) in [5, 5.41) is 0. The number of aryl methyl sites for hydroxylation is 1. The molecule has 0 aliphatic rings. The number of carbonyl (C=O) groups excluding carboxylic acids is 1. The van der Waals surface area contributed by atoms with Crippen LogP contribution in [0.1, 0.15) is 36.2 Å². The van der Waals surface area contributed by atoms with Gasteiger partial charge in [-0.3, -0.25) is 4.79 Å². The molecule has 0 aliphatic heterocycles. The van der Waals surface area contributed by atoms with E-state index in [2.05, 4.69) is 4.98 Å². The van der Waals surface area contributed by atoms with E-state index in [0.717, 1.165) is 5.56 Å². The lowest BCUT2D eigenvalue weighted by molar-refractivity contribution is 0.0968. The van der Waals surface area contributed by atoms with Gasteiger partial charge in [-0.25, -0.2) is 4.98 Å². The monoisotopic (exact) mass is 192 g/mol. The molecule has 0 radical (unpaired) electrons. The van der Waals surface area contributed by atoms with Crippen molar-refractivity contribution in [2.75, 3.05) is 5.73 Å². The van der Waals surface area contributed by atoms with Crippen molar-refractivity contribution >= 4 is 11.6 Å². The van der Waals surface area contributed by atoms with Crippen LogP contribution in [-0.2, 0) is 0 Å². The van der Waals surface area contributed by atoms with Crippen molar-refractivity contribution in [2.24, 2.45) is 5.92 Å². The standard InChI is InChI=1S/C11H16N2O/c1-7(2)4-10(14)9-5-8(3)6-13-11(9)12/h5-7H,4H2,1-3H3,(H2,12,13).